The van der Waals surface area contributed by atoms with Crippen molar-refractivity contribution in [3.8, 4) is 5.75 Å². The molecule has 19 heavy (non-hydrogen) atoms. The summed E-state index contributed by atoms with van der Waals surface area (Å²) < 4.78 is 0. The molecule has 0 aromatic heterocycles. The first-order chi connectivity index (χ1) is 9.13. The Morgan fingerprint density at radius 3 is 2.42 bits per heavy atom. The van der Waals surface area contributed by atoms with Crippen molar-refractivity contribution < 1.29 is 5.11 Å². The number of aryl methyl sites for hydroxylation is 2. The molecule has 1 atom stereocenters. The number of piperazine rings is 1. The Hall–Kier alpha value is -1.32. The van der Waals surface area contributed by atoms with Gasteiger partial charge >= 0.3 is 0 Å². The Morgan fingerprint density at radius 1 is 1.32 bits per heavy atom. The fraction of sp³-hybridized carbons (Fsp3) is 0.500. The lowest BCUT2D eigenvalue weighted by Crippen LogP contribution is -2.45. The van der Waals surface area contributed by atoms with Gasteiger partial charge < -0.3 is 10.4 Å². The number of nitrogens with one attached hydrogen (secondary N) is 1. The van der Waals surface area contributed by atoms with E-state index in [1.807, 2.05) is 18.2 Å². The van der Waals surface area contributed by atoms with E-state index in [9.17, 15) is 5.11 Å². The second-order valence-electron chi connectivity index (χ2n) is 5.32. The van der Waals surface area contributed by atoms with Gasteiger partial charge in [0, 0.05) is 32.2 Å². The molecule has 0 saturated carbocycles. The van der Waals surface area contributed by atoms with Crippen LogP contribution in [0.3, 0.4) is 0 Å². The predicted molar refractivity (Wildman–Crippen MR) is 79.6 cm³/mol. The van der Waals surface area contributed by atoms with E-state index in [0.717, 1.165) is 32.6 Å². The number of benzene rings is 1. The van der Waals surface area contributed by atoms with Gasteiger partial charge in [-0.05, 0) is 49.1 Å². The summed E-state index contributed by atoms with van der Waals surface area (Å²) in [5, 5.41) is 13.1. The molecule has 3 nitrogen and oxygen atoms in total. The number of phenols is 1. The normalized spacial score (nSPS) is 18.2. The maximum absolute atomic E-state index is 9.70. The van der Waals surface area contributed by atoms with Crippen LogP contribution in [-0.4, -0.2) is 36.2 Å². The quantitative estimate of drug-likeness (QED) is 0.817. The standard InChI is InChI=1S/C16H24N2O/c1-4-5-15(18-8-6-17-7-9-18)16-12(2)10-14(19)11-13(16)3/h4,10-11,15,17,19H,1,5-9H2,2-3H3/t15-/m1/s1. The summed E-state index contributed by atoms with van der Waals surface area (Å²) in [4.78, 5) is 2.52. The SMILES string of the molecule is C=CC[C@H](c1c(C)cc(O)cc1C)N1CCNCC1. The Balaban J connectivity index is 2.35. The third kappa shape index (κ3) is 3.17. The second-order valence-corrected chi connectivity index (χ2v) is 5.32. The third-order valence-corrected chi connectivity index (χ3v) is 3.89. The molecule has 1 heterocycles. The highest BCUT2D eigenvalue weighted by molar-refractivity contribution is 5.42. The molecule has 1 aromatic carbocycles. The molecule has 1 aromatic rings. The van der Waals surface area contributed by atoms with Crippen LogP contribution >= 0.6 is 0 Å². The number of hydrogen-bond acceptors (Lipinski definition) is 3. The van der Waals surface area contributed by atoms with Gasteiger partial charge in [0.2, 0.25) is 0 Å². The fourth-order valence-corrected chi connectivity index (χ4v) is 3.08. The molecule has 0 aliphatic carbocycles. The van der Waals surface area contributed by atoms with E-state index in [4.69, 9.17) is 0 Å². The minimum absolute atomic E-state index is 0.358. The number of hydrogen-bond donors (Lipinski definition) is 2. The first-order valence-electron chi connectivity index (χ1n) is 6.99. The number of rotatable bonds is 4. The van der Waals surface area contributed by atoms with Crippen LogP contribution in [0.25, 0.3) is 0 Å². The highest BCUT2D eigenvalue weighted by Crippen LogP contribution is 2.32. The zero-order chi connectivity index (χ0) is 13.8. The van der Waals surface area contributed by atoms with Crippen LogP contribution in [0, 0.1) is 13.8 Å². The van der Waals surface area contributed by atoms with Crippen LogP contribution in [0.5, 0.6) is 5.75 Å². The fourth-order valence-electron chi connectivity index (χ4n) is 3.08. The summed E-state index contributed by atoms with van der Waals surface area (Å²) >= 11 is 0. The molecule has 3 heteroatoms. The Kier molecular flexibility index (Phi) is 4.61. The van der Waals surface area contributed by atoms with E-state index in [0.29, 0.717) is 11.8 Å². The minimum Gasteiger partial charge on any atom is -0.508 e. The van der Waals surface area contributed by atoms with Gasteiger partial charge in [0.1, 0.15) is 5.75 Å². The van der Waals surface area contributed by atoms with E-state index in [-0.39, 0.29) is 0 Å². The molecule has 2 N–H and O–H groups in total. The molecule has 104 valence electrons. The second kappa shape index (κ2) is 6.22. The smallest absolute Gasteiger partial charge is 0.116 e. The number of nitrogens with zero attached hydrogens (tertiary/aromatic N) is 1. The van der Waals surface area contributed by atoms with Crippen LogP contribution < -0.4 is 5.32 Å². The number of phenolic OH excluding ortho intramolecular Hbond substituents is 1. The average molecular weight is 260 g/mol. The molecule has 1 fully saturated rings. The zero-order valence-corrected chi connectivity index (χ0v) is 11.9. The molecule has 1 aliphatic heterocycles. The van der Waals surface area contributed by atoms with Crippen molar-refractivity contribution >= 4 is 0 Å². The van der Waals surface area contributed by atoms with E-state index < -0.39 is 0 Å². The summed E-state index contributed by atoms with van der Waals surface area (Å²) in [7, 11) is 0. The Bertz CT molecular complexity index is 427. The van der Waals surface area contributed by atoms with Gasteiger partial charge in [-0.25, -0.2) is 0 Å². The van der Waals surface area contributed by atoms with Gasteiger partial charge in [-0.15, -0.1) is 6.58 Å². The Morgan fingerprint density at radius 2 is 1.89 bits per heavy atom. The van der Waals surface area contributed by atoms with Crippen LogP contribution in [-0.2, 0) is 0 Å². The molecule has 0 bridgehead atoms. The van der Waals surface area contributed by atoms with Crippen molar-refractivity contribution in [3.63, 3.8) is 0 Å². The van der Waals surface area contributed by atoms with Gasteiger partial charge in [0.15, 0.2) is 0 Å². The van der Waals surface area contributed by atoms with Gasteiger partial charge in [0.25, 0.3) is 0 Å². The lowest BCUT2D eigenvalue weighted by molar-refractivity contribution is 0.173. The molecule has 0 spiro atoms. The predicted octanol–water partition coefficient (Wildman–Crippen LogP) is 2.53. The molecular weight excluding hydrogens is 236 g/mol. The molecular formula is C16H24N2O. The summed E-state index contributed by atoms with van der Waals surface area (Å²) in [6.07, 6.45) is 2.95. The van der Waals surface area contributed by atoms with Crippen molar-refractivity contribution in [1.82, 2.24) is 10.2 Å². The van der Waals surface area contributed by atoms with Gasteiger partial charge in [-0.1, -0.05) is 6.08 Å². The van der Waals surface area contributed by atoms with Crippen molar-refractivity contribution in [2.75, 3.05) is 26.2 Å². The topological polar surface area (TPSA) is 35.5 Å². The third-order valence-electron chi connectivity index (χ3n) is 3.89. The summed E-state index contributed by atoms with van der Waals surface area (Å²) in [5.74, 6) is 0.358. The van der Waals surface area contributed by atoms with Crippen LogP contribution in [0.1, 0.15) is 29.2 Å². The number of aromatic hydroxyl groups is 1. The monoisotopic (exact) mass is 260 g/mol. The highest BCUT2D eigenvalue weighted by atomic mass is 16.3. The lowest BCUT2D eigenvalue weighted by atomic mass is 9.92. The first kappa shape index (κ1) is 14.1. The van der Waals surface area contributed by atoms with E-state index >= 15 is 0 Å². The van der Waals surface area contributed by atoms with Gasteiger partial charge in [-0.2, -0.15) is 0 Å². The van der Waals surface area contributed by atoms with E-state index in [1.54, 1.807) is 0 Å². The van der Waals surface area contributed by atoms with Crippen molar-refractivity contribution in [2.45, 2.75) is 26.3 Å². The highest BCUT2D eigenvalue weighted by Gasteiger charge is 2.24. The molecule has 0 radical (unpaired) electrons. The van der Waals surface area contributed by atoms with Crippen LogP contribution in [0.2, 0.25) is 0 Å². The van der Waals surface area contributed by atoms with Crippen molar-refractivity contribution in [2.24, 2.45) is 0 Å². The van der Waals surface area contributed by atoms with Gasteiger partial charge in [0.05, 0.1) is 0 Å². The van der Waals surface area contributed by atoms with E-state index in [1.165, 1.54) is 16.7 Å². The minimum atomic E-state index is 0.358. The lowest BCUT2D eigenvalue weighted by Gasteiger charge is -2.36. The van der Waals surface area contributed by atoms with Gasteiger partial charge in [-0.3, -0.25) is 4.90 Å². The van der Waals surface area contributed by atoms with Crippen LogP contribution in [0.15, 0.2) is 24.8 Å². The Labute approximate surface area is 115 Å². The molecule has 0 unspecified atom stereocenters. The summed E-state index contributed by atoms with van der Waals surface area (Å²) in [6, 6.07) is 4.10. The summed E-state index contributed by atoms with van der Waals surface area (Å²) in [6.45, 7) is 12.3. The van der Waals surface area contributed by atoms with Crippen LogP contribution in [0.4, 0.5) is 0 Å². The molecule has 1 aliphatic rings. The first-order valence-corrected chi connectivity index (χ1v) is 6.99. The summed E-state index contributed by atoms with van der Waals surface area (Å²) in [5.41, 5.74) is 3.69. The maximum Gasteiger partial charge on any atom is 0.116 e. The van der Waals surface area contributed by atoms with Crippen molar-refractivity contribution in [1.29, 1.82) is 0 Å². The molecule has 0 amide bonds. The molecule has 1 saturated heterocycles. The van der Waals surface area contributed by atoms with E-state index in [2.05, 4.69) is 30.6 Å². The molecule has 2 rings (SSSR count). The largest absolute Gasteiger partial charge is 0.508 e. The maximum atomic E-state index is 9.70. The zero-order valence-electron chi connectivity index (χ0n) is 11.9. The van der Waals surface area contributed by atoms with Crippen molar-refractivity contribution in [3.05, 3.63) is 41.5 Å². The average Bonchev–Trinajstić information content (AvgIpc) is 2.37.